The summed E-state index contributed by atoms with van der Waals surface area (Å²) in [5.74, 6) is -1.33. The lowest BCUT2D eigenvalue weighted by Crippen LogP contribution is -2.32. The Morgan fingerprint density at radius 2 is 2.15 bits per heavy atom. The molecule has 0 bridgehead atoms. The van der Waals surface area contributed by atoms with Gasteiger partial charge in [-0.05, 0) is 30.3 Å². The Morgan fingerprint density at radius 1 is 1.30 bits per heavy atom. The zero-order valence-corrected chi connectivity index (χ0v) is 13.9. The molecule has 1 aliphatic heterocycles. The van der Waals surface area contributed by atoms with Crippen LogP contribution in [0.25, 0.3) is 16.9 Å². The number of cyclic esters (lactones) is 1. The standard InChI is InChI=1S/C18H14FN5O3/c19-13-7-12(23-10-16(17(20)25)27-18(23)26)4-5-15(13)24-9-11(8-22-24)14-3-1-2-6-21-14/h1-9,16H,10H2,(H2,20,25)/t16-/m1/s1. The Bertz CT molecular complexity index is 1020. The summed E-state index contributed by atoms with van der Waals surface area (Å²) < 4.78 is 20.9. The molecule has 0 unspecified atom stereocenters. The summed E-state index contributed by atoms with van der Waals surface area (Å²) in [6.45, 7) is -0.0570. The number of nitrogens with zero attached hydrogens (tertiary/aromatic N) is 4. The van der Waals surface area contributed by atoms with E-state index in [1.165, 1.54) is 16.8 Å². The fourth-order valence-corrected chi connectivity index (χ4v) is 2.79. The maximum atomic E-state index is 14.6. The fourth-order valence-electron chi connectivity index (χ4n) is 2.79. The summed E-state index contributed by atoms with van der Waals surface area (Å²) >= 11 is 0. The van der Waals surface area contributed by atoms with Crippen LogP contribution in [0.4, 0.5) is 14.9 Å². The van der Waals surface area contributed by atoms with Gasteiger partial charge >= 0.3 is 6.09 Å². The molecule has 1 atom stereocenters. The van der Waals surface area contributed by atoms with Crippen LogP contribution >= 0.6 is 0 Å². The molecule has 1 aromatic carbocycles. The van der Waals surface area contributed by atoms with Gasteiger partial charge in [0.2, 0.25) is 0 Å². The third-order valence-electron chi connectivity index (χ3n) is 4.16. The molecule has 0 spiro atoms. The van der Waals surface area contributed by atoms with Crippen LogP contribution in [0.3, 0.4) is 0 Å². The monoisotopic (exact) mass is 367 g/mol. The minimum atomic E-state index is -1.05. The predicted octanol–water partition coefficient (Wildman–Crippen LogP) is 1.88. The molecular formula is C18H14FN5O3. The van der Waals surface area contributed by atoms with Crippen molar-refractivity contribution >= 4 is 17.7 Å². The SMILES string of the molecule is NC(=O)[C@H]1CN(c2ccc(-n3cc(-c4ccccn4)cn3)c(F)c2)C(=O)O1. The summed E-state index contributed by atoms with van der Waals surface area (Å²) in [6, 6.07) is 9.70. The van der Waals surface area contributed by atoms with E-state index in [4.69, 9.17) is 10.5 Å². The lowest BCUT2D eigenvalue weighted by Gasteiger charge is -2.14. The first-order chi connectivity index (χ1) is 13.0. The maximum Gasteiger partial charge on any atom is 0.415 e. The van der Waals surface area contributed by atoms with Crippen LogP contribution in [-0.2, 0) is 9.53 Å². The van der Waals surface area contributed by atoms with E-state index in [0.717, 1.165) is 16.2 Å². The molecule has 3 heterocycles. The van der Waals surface area contributed by atoms with Crippen molar-refractivity contribution in [3.63, 3.8) is 0 Å². The molecule has 9 heteroatoms. The number of rotatable bonds is 4. The van der Waals surface area contributed by atoms with Gasteiger partial charge < -0.3 is 10.5 Å². The first kappa shape index (κ1) is 16.7. The molecule has 136 valence electrons. The number of hydrogen-bond donors (Lipinski definition) is 1. The van der Waals surface area contributed by atoms with E-state index >= 15 is 0 Å². The minimum absolute atomic E-state index is 0.0570. The minimum Gasteiger partial charge on any atom is -0.434 e. The van der Waals surface area contributed by atoms with Gasteiger partial charge in [-0.2, -0.15) is 5.10 Å². The van der Waals surface area contributed by atoms with Gasteiger partial charge in [-0.25, -0.2) is 13.9 Å². The highest BCUT2D eigenvalue weighted by Crippen LogP contribution is 2.26. The maximum absolute atomic E-state index is 14.6. The van der Waals surface area contributed by atoms with Crippen molar-refractivity contribution in [2.24, 2.45) is 5.73 Å². The molecule has 0 aliphatic carbocycles. The lowest BCUT2D eigenvalue weighted by atomic mass is 10.2. The van der Waals surface area contributed by atoms with Gasteiger partial charge in [-0.15, -0.1) is 0 Å². The Morgan fingerprint density at radius 3 is 2.81 bits per heavy atom. The van der Waals surface area contributed by atoms with E-state index in [1.807, 2.05) is 12.1 Å². The van der Waals surface area contributed by atoms with Crippen LogP contribution in [0.15, 0.2) is 55.0 Å². The van der Waals surface area contributed by atoms with E-state index in [1.54, 1.807) is 30.7 Å². The number of anilines is 1. The average molecular weight is 367 g/mol. The number of primary amides is 1. The zero-order valence-electron chi connectivity index (χ0n) is 13.9. The van der Waals surface area contributed by atoms with E-state index in [-0.39, 0.29) is 17.9 Å². The number of pyridine rings is 1. The first-order valence-electron chi connectivity index (χ1n) is 8.06. The highest BCUT2D eigenvalue weighted by molar-refractivity contribution is 5.95. The van der Waals surface area contributed by atoms with Gasteiger partial charge in [0.1, 0.15) is 5.69 Å². The second kappa shape index (κ2) is 6.52. The van der Waals surface area contributed by atoms with Crippen molar-refractivity contribution in [1.29, 1.82) is 0 Å². The molecule has 27 heavy (non-hydrogen) atoms. The molecule has 1 aliphatic rings. The van der Waals surface area contributed by atoms with E-state index in [0.29, 0.717) is 0 Å². The molecule has 0 saturated carbocycles. The molecule has 1 fully saturated rings. The number of benzene rings is 1. The van der Waals surface area contributed by atoms with Gasteiger partial charge in [0.25, 0.3) is 5.91 Å². The van der Waals surface area contributed by atoms with Crippen molar-refractivity contribution in [3.05, 3.63) is 60.8 Å². The van der Waals surface area contributed by atoms with Crippen LogP contribution in [-0.4, -0.2) is 39.4 Å². The fraction of sp³-hybridized carbons (Fsp3) is 0.111. The van der Waals surface area contributed by atoms with Crippen LogP contribution in [0.5, 0.6) is 0 Å². The quantitative estimate of drug-likeness (QED) is 0.758. The summed E-state index contributed by atoms with van der Waals surface area (Å²) in [5.41, 5.74) is 7.08. The van der Waals surface area contributed by atoms with Gasteiger partial charge in [-0.1, -0.05) is 6.07 Å². The third-order valence-corrected chi connectivity index (χ3v) is 4.16. The number of hydrogen-bond acceptors (Lipinski definition) is 5. The number of carbonyl (C=O) groups is 2. The molecule has 4 rings (SSSR count). The Balaban J connectivity index is 1.61. The number of halogens is 1. The number of amides is 2. The van der Waals surface area contributed by atoms with Crippen molar-refractivity contribution in [1.82, 2.24) is 14.8 Å². The molecule has 2 aromatic heterocycles. The van der Waals surface area contributed by atoms with Gasteiger partial charge in [-0.3, -0.25) is 14.7 Å². The molecule has 8 nitrogen and oxygen atoms in total. The first-order valence-corrected chi connectivity index (χ1v) is 8.06. The lowest BCUT2D eigenvalue weighted by molar-refractivity contribution is -0.124. The molecule has 2 N–H and O–H groups in total. The molecule has 0 radical (unpaired) electrons. The zero-order chi connectivity index (χ0) is 19.0. The Labute approximate surface area is 153 Å². The topological polar surface area (TPSA) is 103 Å². The van der Waals surface area contributed by atoms with Crippen molar-refractivity contribution < 1.29 is 18.7 Å². The van der Waals surface area contributed by atoms with Crippen LogP contribution in [0, 0.1) is 5.82 Å². The summed E-state index contributed by atoms with van der Waals surface area (Å²) in [5, 5.41) is 4.17. The Kier molecular flexibility index (Phi) is 4.03. The van der Waals surface area contributed by atoms with Crippen molar-refractivity contribution in [2.45, 2.75) is 6.10 Å². The van der Waals surface area contributed by atoms with Gasteiger partial charge in [0.05, 0.1) is 24.1 Å². The van der Waals surface area contributed by atoms with Crippen LogP contribution in [0.2, 0.25) is 0 Å². The van der Waals surface area contributed by atoms with Crippen LogP contribution in [0.1, 0.15) is 0 Å². The number of carbonyl (C=O) groups excluding carboxylic acids is 2. The highest BCUT2D eigenvalue weighted by Gasteiger charge is 2.36. The largest absolute Gasteiger partial charge is 0.434 e. The van der Waals surface area contributed by atoms with E-state index in [9.17, 15) is 14.0 Å². The number of ether oxygens (including phenoxy) is 1. The number of aromatic nitrogens is 3. The predicted molar refractivity (Wildman–Crippen MR) is 93.6 cm³/mol. The third kappa shape index (κ3) is 3.10. The summed E-state index contributed by atoms with van der Waals surface area (Å²) in [4.78, 5) is 28.4. The second-order valence-corrected chi connectivity index (χ2v) is 5.91. The van der Waals surface area contributed by atoms with E-state index < -0.39 is 23.9 Å². The van der Waals surface area contributed by atoms with Gasteiger partial charge in [0, 0.05) is 18.0 Å². The molecule has 1 saturated heterocycles. The average Bonchev–Trinajstić information content (AvgIpc) is 3.29. The van der Waals surface area contributed by atoms with Crippen LogP contribution < -0.4 is 10.6 Å². The Hall–Kier alpha value is -3.75. The van der Waals surface area contributed by atoms with E-state index in [2.05, 4.69) is 10.1 Å². The summed E-state index contributed by atoms with van der Waals surface area (Å²) in [7, 11) is 0. The van der Waals surface area contributed by atoms with Gasteiger partial charge in [0.15, 0.2) is 11.9 Å². The number of nitrogens with two attached hydrogens (primary N) is 1. The normalized spacial score (nSPS) is 16.4. The second-order valence-electron chi connectivity index (χ2n) is 5.91. The molecule has 2 amide bonds. The smallest absolute Gasteiger partial charge is 0.415 e. The molecule has 3 aromatic rings. The van der Waals surface area contributed by atoms with Crippen molar-refractivity contribution in [3.8, 4) is 16.9 Å². The highest BCUT2D eigenvalue weighted by atomic mass is 19.1. The molecular weight excluding hydrogens is 353 g/mol. The summed E-state index contributed by atoms with van der Waals surface area (Å²) in [6.07, 6.45) is 3.12. The van der Waals surface area contributed by atoms with Crippen molar-refractivity contribution in [2.75, 3.05) is 11.4 Å².